The molecule has 3 aromatic rings. The zero-order valence-corrected chi connectivity index (χ0v) is 12.7. The van der Waals surface area contributed by atoms with E-state index in [2.05, 4.69) is 53.5 Å². The summed E-state index contributed by atoms with van der Waals surface area (Å²) < 4.78 is 1.97. The van der Waals surface area contributed by atoms with Gasteiger partial charge in [-0.05, 0) is 11.1 Å². The molecule has 0 spiro atoms. The van der Waals surface area contributed by atoms with Gasteiger partial charge in [-0.1, -0.05) is 54.6 Å². The van der Waals surface area contributed by atoms with E-state index in [1.54, 1.807) is 0 Å². The Bertz CT molecular complexity index is 703. The van der Waals surface area contributed by atoms with E-state index in [0.717, 1.165) is 17.1 Å². The third-order valence-corrected chi connectivity index (χ3v) is 3.44. The van der Waals surface area contributed by atoms with E-state index in [-0.39, 0.29) is 12.4 Å². The number of hydrogen-bond donors (Lipinski definition) is 1. The Balaban J connectivity index is 0.00000161. The van der Waals surface area contributed by atoms with Gasteiger partial charge in [-0.15, -0.1) is 12.4 Å². The van der Waals surface area contributed by atoms with Gasteiger partial charge < -0.3 is 10.3 Å². The molecule has 3 rings (SSSR count). The van der Waals surface area contributed by atoms with Crippen LogP contribution in [0.2, 0.25) is 0 Å². The second kappa shape index (κ2) is 6.57. The molecule has 1 aromatic heterocycles. The van der Waals surface area contributed by atoms with Gasteiger partial charge in [0.1, 0.15) is 5.82 Å². The number of imidazole rings is 1. The molecule has 0 aliphatic rings. The largest absolute Gasteiger partial charge is 0.336 e. The van der Waals surface area contributed by atoms with E-state index in [0.29, 0.717) is 6.54 Å². The second-order valence-electron chi connectivity index (χ2n) is 4.80. The highest BCUT2D eigenvalue weighted by atomic mass is 35.5. The molecule has 1 heterocycles. The summed E-state index contributed by atoms with van der Waals surface area (Å²) in [5, 5.41) is 0. The van der Waals surface area contributed by atoms with Crippen molar-refractivity contribution < 1.29 is 0 Å². The van der Waals surface area contributed by atoms with Crippen molar-refractivity contribution in [1.29, 1.82) is 0 Å². The predicted octanol–water partition coefficient (Wildman–Crippen LogP) is 3.63. The number of aryl methyl sites for hydroxylation is 1. The molecule has 0 fully saturated rings. The number of hydrogen-bond acceptors (Lipinski definition) is 2. The minimum Gasteiger partial charge on any atom is -0.336 e. The van der Waals surface area contributed by atoms with Crippen LogP contribution in [0.1, 0.15) is 5.82 Å². The molecule has 0 atom stereocenters. The zero-order chi connectivity index (χ0) is 13.9. The first-order chi connectivity index (χ1) is 9.78. The molecule has 0 aliphatic heterocycles. The van der Waals surface area contributed by atoms with Gasteiger partial charge in [0.2, 0.25) is 0 Å². The molecule has 0 bridgehead atoms. The van der Waals surface area contributed by atoms with Crippen molar-refractivity contribution in [3.05, 3.63) is 66.6 Å². The third-order valence-electron chi connectivity index (χ3n) is 3.44. The van der Waals surface area contributed by atoms with Crippen LogP contribution in [0.5, 0.6) is 0 Å². The summed E-state index contributed by atoms with van der Waals surface area (Å²) in [7, 11) is 1.97. The molecule has 0 saturated carbocycles. The van der Waals surface area contributed by atoms with Crippen molar-refractivity contribution in [1.82, 2.24) is 9.55 Å². The average molecular weight is 300 g/mol. The van der Waals surface area contributed by atoms with E-state index < -0.39 is 0 Å². The molecule has 21 heavy (non-hydrogen) atoms. The van der Waals surface area contributed by atoms with Gasteiger partial charge in [0.05, 0.1) is 12.2 Å². The maximum Gasteiger partial charge on any atom is 0.122 e. The topological polar surface area (TPSA) is 43.8 Å². The lowest BCUT2D eigenvalue weighted by molar-refractivity contribution is 0.794. The lowest BCUT2D eigenvalue weighted by Crippen LogP contribution is -2.03. The Morgan fingerprint density at radius 2 is 1.48 bits per heavy atom. The Morgan fingerprint density at radius 3 is 2.05 bits per heavy atom. The predicted molar refractivity (Wildman–Crippen MR) is 89.2 cm³/mol. The molecule has 3 nitrogen and oxygen atoms in total. The molecule has 0 saturated heterocycles. The van der Waals surface area contributed by atoms with Crippen LogP contribution < -0.4 is 5.73 Å². The van der Waals surface area contributed by atoms with Crippen LogP contribution in [-0.2, 0) is 13.6 Å². The molecule has 0 amide bonds. The number of halogens is 1. The Kier molecular flexibility index (Phi) is 4.78. The van der Waals surface area contributed by atoms with Gasteiger partial charge in [-0.2, -0.15) is 0 Å². The van der Waals surface area contributed by atoms with E-state index in [4.69, 9.17) is 5.73 Å². The van der Waals surface area contributed by atoms with Crippen LogP contribution in [0.25, 0.3) is 22.4 Å². The molecule has 0 aliphatic carbocycles. The molecular weight excluding hydrogens is 282 g/mol. The Morgan fingerprint density at radius 1 is 0.905 bits per heavy atom. The monoisotopic (exact) mass is 299 g/mol. The highest BCUT2D eigenvalue weighted by Gasteiger charge is 2.06. The fourth-order valence-electron chi connectivity index (χ4n) is 2.30. The summed E-state index contributed by atoms with van der Waals surface area (Å²) in [6.07, 6.45) is 2.01. The maximum atomic E-state index is 5.66. The van der Waals surface area contributed by atoms with Crippen molar-refractivity contribution in [3.63, 3.8) is 0 Å². The molecule has 0 radical (unpaired) electrons. The standard InChI is InChI=1S/C17H17N3.ClH/c1-20-12-16(19-17(20)11-18)15-9-7-14(8-10-15)13-5-3-2-4-6-13;/h2-10,12H,11,18H2,1H3;1H. The minimum atomic E-state index is 0. The fraction of sp³-hybridized carbons (Fsp3) is 0.118. The smallest absolute Gasteiger partial charge is 0.122 e. The maximum absolute atomic E-state index is 5.66. The number of benzene rings is 2. The average Bonchev–Trinajstić information content (AvgIpc) is 2.89. The van der Waals surface area contributed by atoms with Crippen molar-refractivity contribution >= 4 is 12.4 Å². The summed E-state index contributed by atoms with van der Waals surface area (Å²) in [4.78, 5) is 4.54. The van der Waals surface area contributed by atoms with Crippen LogP contribution >= 0.6 is 12.4 Å². The molecular formula is C17H18ClN3. The Labute approximate surface area is 130 Å². The fourth-order valence-corrected chi connectivity index (χ4v) is 2.30. The van der Waals surface area contributed by atoms with Crippen LogP contribution in [0.4, 0.5) is 0 Å². The number of aromatic nitrogens is 2. The quantitative estimate of drug-likeness (QED) is 0.802. The van der Waals surface area contributed by atoms with Gasteiger partial charge in [-0.3, -0.25) is 0 Å². The van der Waals surface area contributed by atoms with Crippen molar-refractivity contribution in [2.24, 2.45) is 12.8 Å². The second-order valence-corrected chi connectivity index (χ2v) is 4.80. The van der Waals surface area contributed by atoms with Crippen molar-refractivity contribution in [3.8, 4) is 22.4 Å². The first-order valence-electron chi connectivity index (χ1n) is 6.66. The first-order valence-corrected chi connectivity index (χ1v) is 6.66. The van der Waals surface area contributed by atoms with Crippen LogP contribution in [0, 0.1) is 0 Å². The SMILES string of the molecule is Cl.Cn1cc(-c2ccc(-c3ccccc3)cc2)nc1CN. The molecule has 108 valence electrons. The summed E-state index contributed by atoms with van der Waals surface area (Å²) in [5.41, 5.74) is 10.2. The molecule has 4 heteroatoms. The minimum absolute atomic E-state index is 0. The summed E-state index contributed by atoms with van der Waals surface area (Å²) in [6.45, 7) is 0.457. The van der Waals surface area contributed by atoms with E-state index in [1.807, 2.05) is 23.9 Å². The van der Waals surface area contributed by atoms with E-state index >= 15 is 0 Å². The van der Waals surface area contributed by atoms with Gasteiger partial charge in [-0.25, -0.2) is 4.98 Å². The van der Waals surface area contributed by atoms with Crippen LogP contribution in [-0.4, -0.2) is 9.55 Å². The summed E-state index contributed by atoms with van der Waals surface area (Å²) in [6, 6.07) is 18.8. The molecule has 2 aromatic carbocycles. The van der Waals surface area contributed by atoms with Gasteiger partial charge in [0.15, 0.2) is 0 Å². The lowest BCUT2D eigenvalue weighted by atomic mass is 10.0. The van der Waals surface area contributed by atoms with E-state index in [1.165, 1.54) is 11.1 Å². The third kappa shape index (κ3) is 3.15. The Hall–Kier alpha value is -2.10. The first kappa shape index (κ1) is 15.3. The number of nitrogens with zero attached hydrogens (tertiary/aromatic N) is 2. The highest BCUT2D eigenvalue weighted by Crippen LogP contribution is 2.24. The van der Waals surface area contributed by atoms with Crippen molar-refractivity contribution in [2.45, 2.75) is 6.54 Å². The summed E-state index contributed by atoms with van der Waals surface area (Å²) >= 11 is 0. The molecule has 0 unspecified atom stereocenters. The van der Waals surface area contributed by atoms with Gasteiger partial charge in [0.25, 0.3) is 0 Å². The normalized spacial score (nSPS) is 10.2. The molecule has 2 N–H and O–H groups in total. The van der Waals surface area contributed by atoms with Gasteiger partial charge in [0, 0.05) is 18.8 Å². The van der Waals surface area contributed by atoms with Gasteiger partial charge >= 0.3 is 0 Å². The number of rotatable bonds is 3. The summed E-state index contributed by atoms with van der Waals surface area (Å²) in [5.74, 6) is 0.895. The van der Waals surface area contributed by atoms with Crippen molar-refractivity contribution in [2.75, 3.05) is 0 Å². The van der Waals surface area contributed by atoms with Crippen LogP contribution in [0.15, 0.2) is 60.8 Å². The van der Waals surface area contributed by atoms with E-state index in [9.17, 15) is 0 Å². The highest BCUT2D eigenvalue weighted by molar-refractivity contribution is 5.85. The lowest BCUT2D eigenvalue weighted by Gasteiger charge is -2.02. The zero-order valence-electron chi connectivity index (χ0n) is 11.9. The number of nitrogens with two attached hydrogens (primary N) is 1. The van der Waals surface area contributed by atoms with Crippen LogP contribution in [0.3, 0.4) is 0 Å².